The van der Waals surface area contributed by atoms with Crippen molar-refractivity contribution in [3.63, 3.8) is 0 Å². The number of amides is 2. The molecule has 2 amide bonds. The molecule has 45 heavy (non-hydrogen) atoms. The molecular formula is C32H44N10O3. The zero-order valence-corrected chi connectivity index (χ0v) is 26.7. The molecule has 1 saturated heterocycles. The minimum atomic E-state index is -0.416. The van der Waals surface area contributed by atoms with Crippen LogP contribution in [0.15, 0.2) is 36.8 Å². The Morgan fingerprint density at radius 3 is 2.87 bits per heavy atom. The number of hydrogen-bond donors (Lipinski definition) is 3. The normalized spacial score (nSPS) is 14.6. The molecule has 0 spiro atoms. The highest BCUT2D eigenvalue weighted by Gasteiger charge is 2.32. The number of pyridine rings is 1. The summed E-state index contributed by atoms with van der Waals surface area (Å²) in [5.74, 6) is 7.22. The van der Waals surface area contributed by atoms with Crippen LogP contribution in [-0.2, 0) is 20.9 Å². The second-order valence-electron chi connectivity index (χ2n) is 11.1. The third kappa shape index (κ3) is 9.72. The predicted molar refractivity (Wildman–Crippen MR) is 175 cm³/mol. The number of carbonyl (C=O) groups excluding carboxylic acids is 2. The number of carbonyl (C=O) groups is 2. The first-order chi connectivity index (χ1) is 21.9. The minimum absolute atomic E-state index is 0.105. The van der Waals surface area contributed by atoms with Gasteiger partial charge in [0, 0.05) is 51.2 Å². The average Bonchev–Trinajstić information content (AvgIpc) is 3.68. The fourth-order valence-corrected chi connectivity index (χ4v) is 4.85. The number of aromatic nitrogens is 5. The maximum absolute atomic E-state index is 12.8. The van der Waals surface area contributed by atoms with E-state index in [9.17, 15) is 9.59 Å². The molecule has 3 aromatic rings. The van der Waals surface area contributed by atoms with E-state index in [4.69, 9.17) is 4.74 Å². The number of methoxy groups -OCH3 is 1. The second kappa shape index (κ2) is 17.1. The fraction of sp³-hybridized carbons (Fsp3) is 0.500. The smallest absolute Gasteiger partial charge is 0.246 e. The molecule has 0 aromatic carbocycles. The number of likely N-dealkylation sites (N-methyl/N-ethyl adjacent to an activating group) is 1. The average molecular weight is 617 g/mol. The van der Waals surface area contributed by atoms with E-state index >= 15 is 0 Å². The Morgan fingerprint density at radius 2 is 2.07 bits per heavy atom. The number of likely N-dealkylation sites (tertiary alicyclic amines) is 1. The van der Waals surface area contributed by atoms with Gasteiger partial charge in [-0.2, -0.15) is 10.1 Å². The van der Waals surface area contributed by atoms with Crippen LogP contribution < -0.4 is 16.0 Å². The van der Waals surface area contributed by atoms with Gasteiger partial charge in [-0.05, 0) is 45.8 Å². The van der Waals surface area contributed by atoms with Crippen LogP contribution in [0.4, 0.5) is 17.5 Å². The van der Waals surface area contributed by atoms with E-state index in [1.165, 1.54) is 0 Å². The first-order valence-corrected chi connectivity index (χ1v) is 15.5. The summed E-state index contributed by atoms with van der Waals surface area (Å²) in [4.78, 5) is 42.7. The second-order valence-corrected chi connectivity index (χ2v) is 11.1. The molecule has 0 bridgehead atoms. The number of rotatable bonds is 15. The lowest BCUT2D eigenvalue weighted by Crippen LogP contribution is -2.45. The highest BCUT2D eigenvalue weighted by atomic mass is 16.5. The Labute approximate surface area is 264 Å². The number of nitrogens with one attached hydrogen (secondary N) is 3. The Morgan fingerprint density at radius 1 is 1.20 bits per heavy atom. The molecule has 1 aliphatic heterocycles. The van der Waals surface area contributed by atoms with Gasteiger partial charge in [0.15, 0.2) is 5.65 Å². The Bertz CT molecular complexity index is 1520. The van der Waals surface area contributed by atoms with Crippen molar-refractivity contribution in [3.8, 4) is 11.8 Å². The summed E-state index contributed by atoms with van der Waals surface area (Å²) >= 11 is 0. The Hall–Kier alpha value is -4.54. The van der Waals surface area contributed by atoms with E-state index in [1.807, 2.05) is 35.8 Å². The highest BCUT2D eigenvalue weighted by Crippen LogP contribution is 2.21. The van der Waals surface area contributed by atoms with Crippen molar-refractivity contribution in [1.82, 2.24) is 39.8 Å². The first-order valence-electron chi connectivity index (χ1n) is 15.5. The van der Waals surface area contributed by atoms with Crippen LogP contribution in [0.1, 0.15) is 44.6 Å². The Kier molecular flexibility index (Phi) is 12.7. The van der Waals surface area contributed by atoms with Crippen LogP contribution in [0.5, 0.6) is 0 Å². The lowest BCUT2D eigenvalue weighted by Gasteiger charge is -2.22. The van der Waals surface area contributed by atoms with Crippen molar-refractivity contribution < 1.29 is 14.3 Å². The molecule has 3 aromatic heterocycles. The van der Waals surface area contributed by atoms with Gasteiger partial charge in [0.25, 0.3) is 0 Å². The van der Waals surface area contributed by atoms with Crippen LogP contribution in [0, 0.1) is 11.8 Å². The minimum Gasteiger partial charge on any atom is -0.383 e. The zero-order chi connectivity index (χ0) is 32.0. The zero-order valence-electron chi connectivity index (χ0n) is 26.7. The van der Waals surface area contributed by atoms with E-state index in [-0.39, 0.29) is 11.8 Å². The first kappa shape index (κ1) is 33.4. The van der Waals surface area contributed by atoms with Gasteiger partial charge in [-0.1, -0.05) is 24.8 Å². The van der Waals surface area contributed by atoms with E-state index in [0.29, 0.717) is 69.4 Å². The lowest BCUT2D eigenvalue weighted by molar-refractivity contribution is -0.135. The quantitative estimate of drug-likeness (QED) is 0.133. The van der Waals surface area contributed by atoms with E-state index in [1.54, 1.807) is 36.7 Å². The number of ether oxygens (including phenoxy) is 1. The standard InChI is InChI=1S/C32H44N10O3/c1-5-14-33-29-24(21-36-32(39-29)38-26-20-25-22-37-42(18-19-45-4)30(25)35-23-26)11-7-6-8-15-34-31(44)27-12-9-17-41(27)28(43)13-10-16-40(2)3/h10,13,20-23,27H,5-6,8-9,12,14-19H2,1-4H3,(H,34,44)(H2,33,36,38,39)/t27-/m0/s1. The van der Waals surface area contributed by atoms with E-state index in [2.05, 4.69) is 54.8 Å². The van der Waals surface area contributed by atoms with Gasteiger partial charge in [-0.15, -0.1) is 0 Å². The number of unbranched alkanes of at least 4 members (excludes halogenated alkanes) is 1. The van der Waals surface area contributed by atoms with Crippen LogP contribution in [0.3, 0.4) is 0 Å². The SMILES string of the molecule is CCCNc1nc(Nc2cnc3c(cnn3CCOC)c2)ncc1C#CCCCNC(=O)[C@@H]1CCCN1C(=O)C=CCN(C)C. The molecule has 13 heteroatoms. The van der Waals surface area contributed by atoms with Crippen LogP contribution in [0.25, 0.3) is 11.0 Å². The fourth-order valence-electron chi connectivity index (χ4n) is 4.85. The monoisotopic (exact) mass is 616 g/mol. The Balaban J connectivity index is 1.29. The topological polar surface area (TPSA) is 142 Å². The molecule has 3 N–H and O–H groups in total. The third-order valence-corrected chi connectivity index (χ3v) is 7.14. The van der Waals surface area contributed by atoms with Crippen molar-refractivity contribution >= 4 is 40.3 Å². The van der Waals surface area contributed by atoms with Gasteiger partial charge < -0.3 is 30.5 Å². The number of anilines is 3. The van der Waals surface area contributed by atoms with Crippen LogP contribution in [0.2, 0.25) is 0 Å². The molecule has 13 nitrogen and oxygen atoms in total. The molecule has 240 valence electrons. The van der Waals surface area contributed by atoms with Gasteiger partial charge in [0.1, 0.15) is 11.9 Å². The molecule has 1 atom stereocenters. The summed E-state index contributed by atoms with van der Waals surface area (Å²) in [6.07, 6.45) is 12.3. The summed E-state index contributed by atoms with van der Waals surface area (Å²) in [6.45, 7) is 5.80. The van der Waals surface area contributed by atoms with Crippen molar-refractivity contribution in [2.75, 3.05) is 64.6 Å². The lowest BCUT2D eigenvalue weighted by atomic mass is 10.2. The van der Waals surface area contributed by atoms with Gasteiger partial charge in [-0.25, -0.2) is 14.6 Å². The summed E-state index contributed by atoms with van der Waals surface area (Å²) in [5, 5.41) is 14.8. The van der Waals surface area contributed by atoms with Crippen molar-refractivity contribution in [1.29, 1.82) is 0 Å². The molecule has 0 aliphatic carbocycles. The molecule has 0 radical (unpaired) electrons. The van der Waals surface area contributed by atoms with Gasteiger partial charge in [0.05, 0.1) is 43.0 Å². The van der Waals surface area contributed by atoms with E-state index < -0.39 is 6.04 Å². The maximum Gasteiger partial charge on any atom is 0.246 e. The number of hydrogen-bond acceptors (Lipinski definition) is 10. The molecular weight excluding hydrogens is 572 g/mol. The van der Waals surface area contributed by atoms with Crippen LogP contribution >= 0.6 is 0 Å². The molecule has 1 fully saturated rings. The van der Waals surface area contributed by atoms with E-state index in [0.717, 1.165) is 36.1 Å². The summed E-state index contributed by atoms with van der Waals surface area (Å²) in [6, 6.07) is 1.54. The van der Waals surface area contributed by atoms with Gasteiger partial charge in [0.2, 0.25) is 17.8 Å². The predicted octanol–water partition coefficient (Wildman–Crippen LogP) is 2.79. The van der Waals surface area contributed by atoms with Crippen molar-refractivity contribution in [3.05, 3.63) is 42.4 Å². The molecule has 4 heterocycles. The largest absolute Gasteiger partial charge is 0.383 e. The maximum atomic E-state index is 12.8. The van der Waals surface area contributed by atoms with Gasteiger partial charge in [-0.3, -0.25) is 9.59 Å². The summed E-state index contributed by atoms with van der Waals surface area (Å²) < 4.78 is 6.96. The third-order valence-electron chi connectivity index (χ3n) is 7.14. The highest BCUT2D eigenvalue weighted by molar-refractivity contribution is 5.93. The molecule has 0 saturated carbocycles. The van der Waals surface area contributed by atoms with Crippen LogP contribution in [-0.4, -0.2) is 106 Å². The molecule has 1 aliphatic rings. The summed E-state index contributed by atoms with van der Waals surface area (Å²) in [7, 11) is 5.55. The number of nitrogens with zero attached hydrogens (tertiary/aromatic N) is 7. The van der Waals surface area contributed by atoms with Crippen molar-refractivity contribution in [2.45, 2.75) is 51.6 Å². The van der Waals surface area contributed by atoms with Crippen molar-refractivity contribution in [2.24, 2.45) is 0 Å². The molecule has 0 unspecified atom stereocenters. The van der Waals surface area contributed by atoms with Gasteiger partial charge >= 0.3 is 0 Å². The number of fused-ring (bicyclic) bond motifs is 1. The summed E-state index contributed by atoms with van der Waals surface area (Å²) in [5.41, 5.74) is 2.24. The molecule has 4 rings (SSSR count).